The van der Waals surface area contributed by atoms with Crippen LogP contribution in [0.15, 0.2) is 18.6 Å². The average molecular weight is 264 g/mol. The lowest BCUT2D eigenvalue weighted by atomic mass is 10.2. The molecule has 19 heavy (non-hydrogen) atoms. The first kappa shape index (κ1) is 13.3. The fourth-order valence-corrected chi connectivity index (χ4v) is 1.60. The zero-order chi connectivity index (χ0) is 14.0. The van der Waals surface area contributed by atoms with Gasteiger partial charge in [0.2, 0.25) is 0 Å². The minimum Gasteiger partial charge on any atom is -0.444 e. The molecule has 0 aliphatic carbocycles. The number of fused-ring (bicyclic) bond motifs is 1. The van der Waals surface area contributed by atoms with Crippen LogP contribution in [0.3, 0.4) is 0 Å². The van der Waals surface area contributed by atoms with Gasteiger partial charge in [-0.1, -0.05) is 0 Å². The van der Waals surface area contributed by atoms with Crippen LogP contribution in [0.2, 0.25) is 0 Å². The molecule has 2 rings (SSSR count). The molecule has 2 heterocycles. The van der Waals surface area contributed by atoms with E-state index in [1.165, 1.54) is 10.7 Å². The van der Waals surface area contributed by atoms with E-state index in [1.54, 1.807) is 33.2 Å². The summed E-state index contributed by atoms with van der Waals surface area (Å²) in [5, 5.41) is 16.0. The molecule has 0 aliphatic heterocycles. The molecule has 0 aromatic carbocycles. The Morgan fingerprint density at radius 2 is 2.26 bits per heavy atom. The van der Waals surface area contributed by atoms with Gasteiger partial charge in [0.1, 0.15) is 5.60 Å². The first-order chi connectivity index (χ1) is 8.90. The second-order valence-electron chi connectivity index (χ2n) is 5.02. The largest absolute Gasteiger partial charge is 0.444 e. The quantitative estimate of drug-likeness (QED) is 0.859. The maximum atomic E-state index is 11.7. The van der Waals surface area contributed by atoms with Crippen molar-refractivity contribution in [1.29, 1.82) is 0 Å². The third-order valence-electron chi connectivity index (χ3n) is 2.32. The molecule has 0 atom stereocenters. The second-order valence-corrected chi connectivity index (χ2v) is 5.02. The number of amides is 1. The predicted octanol–water partition coefficient (Wildman–Crippen LogP) is 1.57. The molecule has 7 nitrogen and oxygen atoms in total. The maximum absolute atomic E-state index is 11.7. The first-order valence-electron chi connectivity index (χ1n) is 5.83. The van der Waals surface area contributed by atoms with Gasteiger partial charge in [0, 0.05) is 18.0 Å². The van der Waals surface area contributed by atoms with Gasteiger partial charge >= 0.3 is 6.09 Å². The number of anilines is 1. The molecule has 1 amide bonds. The highest BCUT2D eigenvalue weighted by atomic mass is 16.6. The van der Waals surface area contributed by atoms with E-state index in [0.29, 0.717) is 16.9 Å². The minimum atomic E-state index is -0.597. The van der Waals surface area contributed by atoms with Crippen LogP contribution in [-0.4, -0.2) is 31.4 Å². The van der Waals surface area contributed by atoms with Gasteiger partial charge in [0.05, 0.1) is 18.5 Å². The Morgan fingerprint density at radius 1 is 1.53 bits per heavy atom. The summed E-state index contributed by atoms with van der Waals surface area (Å²) in [4.78, 5) is 15.8. The number of carbonyl (C=O) groups excluding carboxylic acids is 1. The van der Waals surface area contributed by atoms with Gasteiger partial charge in [0.15, 0.2) is 5.65 Å². The summed E-state index contributed by atoms with van der Waals surface area (Å²) >= 11 is 0. The Balaban J connectivity index is 2.27. The van der Waals surface area contributed by atoms with Gasteiger partial charge in [-0.05, 0) is 20.8 Å². The standard InChI is InChI=1S/C12H16N4O3/c1-12(2,3)19-11(18)15-9-6-14-16-5-4-13-10(16)8(9)7-17/h4-6,17H,7H2,1-3H3,(H,15,18). The molecule has 0 radical (unpaired) electrons. The second kappa shape index (κ2) is 4.85. The van der Waals surface area contributed by atoms with Crippen LogP contribution < -0.4 is 5.32 Å². The van der Waals surface area contributed by atoms with E-state index < -0.39 is 11.7 Å². The summed E-state index contributed by atoms with van der Waals surface area (Å²) in [5.74, 6) is 0. The molecule has 0 spiro atoms. The number of aliphatic hydroxyl groups is 1. The fraction of sp³-hybridized carbons (Fsp3) is 0.417. The Morgan fingerprint density at radius 3 is 2.89 bits per heavy atom. The molecule has 0 aliphatic rings. The molecule has 2 aromatic rings. The van der Waals surface area contributed by atoms with Gasteiger partial charge in [-0.2, -0.15) is 5.10 Å². The molecule has 0 unspecified atom stereocenters. The van der Waals surface area contributed by atoms with Gasteiger partial charge in [-0.25, -0.2) is 14.3 Å². The summed E-state index contributed by atoms with van der Waals surface area (Å²) < 4.78 is 6.67. The van der Waals surface area contributed by atoms with Crippen molar-refractivity contribution < 1.29 is 14.6 Å². The molecule has 0 saturated carbocycles. The monoisotopic (exact) mass is 264 g/mol. The van der Waals surface area contributed by atoms with Crippen LogP contribution in [0.4, 0.5) is 10.5 Å². The van der Waals surface area contributed by atoms with Crippen LogP contribution in [0.25, 0.3) is 5.65 Å². The molecule has 2 N–H and O–H groups in total. The van der Waals surface area contributed by atoms with E-state index >= 15 is 0 Å². The Bertz CT molecular complexity index is 601. The van der Waals surface area contributed by atoms with Crippen LogP contribution in [-0.2, 0) is 11.3 Å². The van der Waals surface area contributed by atoms with Crippen molar-refractivity contribution in [1.82, 2.24) is 14.6 Å². The van der Waals surface area contributed by atoms with E-state index in [1.807, 2.05) is 0 Å². The van der Waals surface area contributed by atoms with Crippen molar-refractivity contribution >= 4 is 17.4 Å². The van der Waals surface area contributed by atoms with Gasteiger partial charge in [0.25, 0.3) is 0 Å². The van der Waals surface area contributed by atoms with Crippen LogP contribution in [0.5, 0.6) is 0 Å². The van der Waals surface area contributed by atoms with Crippen LogP contribution in [0, 0.1) is 0 Å². The van der Waals surface area contributed by atoms with E-state index in [2.05, 4.69) is 15.4 Å². The molecule has 2 aromatic heterocycles. The Labute approximate surface area is 110 Å². The number of nitrogens with one attached hydrogen (secondary N) is 1. The lowest BCUT2D eigenvalue weighted by Crippen LogP contribution is -2.27. The number of rotatable bonds is 2. The Hall–Kier alpha value is -2.15. The highest BCUT2D eigenvalue weighted by Gasteiger charge is 2.18. The van der Waals surface area contributed by atoms with Crippen molar-refractivity contribution in [3.63, 3.8) is 0 Å². The van der Waals surface area contributed by atoms with E-state index in [-0.39, 0.29) is 6.61 Å². The summed E-state index contributed by atoms with van der Waals surface area (Å²) in [6, 6.07) is 0. The Kier molecular flexibility index (Phi) is 3.39. The highest BCUT2D eigenvalue weighted by Crippen LogP contribution is 2.19. The summed E-state index contributed by atoms with van der Waals surface area (Å²) in [5.41, 5.74) is 0.784. The van der Waals surface area contributed by atoms with Gasteiger partial charge < -0.3 is 9.84 Å². The average Bonchev–Trinajstić information content (AvgIpc) is 2.74. The molecule has 7 heteroatoms. The SMILES string of the molecule is CC(C)(C)OC(=O)Nc1cnn2ccnc2c1CO. The smallest absolute Gasteiger partial charge is 0.412 e. The van der Waals surface area contributed by atoms with Crippen molar-refractivity contribution in [2.24, 2.45) is 0 Å². The third-order valence-corrected chi connectivity index (χ3v) is 2.32. The van der Waals surface area contributed by atoms with Gasteiger partial charge in [-0.15, -0.1) is 0 Å². The molecule has 102 valence electrons. The number of aromatic nitrogens is 3. The first-order valence-corrected chi connectivity index (χ1v) is 5.83. The third kappa shape index (κ3) is 3.00. The van der Waals surface area contributed by atoms with Crippen molar-refractivity contribution in [3.8, 4) is 0 Å². The number of aliphatic hydroxyl groups excluding tert-OH is 1. The molecular weight excluding hydrogens is 248 g/mol. The van der Waals surface area contributed by atoms with Crippen LogP contribution in [0.1, 0.15) is 26.3 Å². The van der Waals surface area contributed by atoms with Crippen molar-refractivity contribution in [3.05, 3.63) is 24.2 Å². The maximum Gasteiger partial charge on any atom is 0.412 e. The molecule has 0 saturated heterocycles. The van der Waals surface area contributed by atoms with Gasteiger partial charge in [-0.3, -0.25) is 5.32 Å². The number of imidazole rings is 1. The lowest BCUT2D eigenvalue weighted by molar-refractivity contribution is 0.0635. The van der Waals surface area contributed by atoms with E-state index in [4.69, 9.17) is 4.74 Å². The summed E-state index contributed by atoms with van der Waals surface area (Å²) in [6.45, 7) is 5.06. The topological polar surface area (TPSA) is 88.8 Å². The molecule has 0 fully saturated rings. The number of nitrogens with zero attached hydrogens (tertiary/aromatic N) is 3. The number of carbonyl (C=O) groups is 1. The number of hydrogen-bond acceptors (Lipinski definition) is 5. The molecular formula is C12H16N4O3. The normalized spacial score (nSPS) is 11.6. The zero-order valence-corrected chi connectivity index (χ0v) is 11.0. The fourth-order valence-electron chi connectivity index (χ4n) is 1.60. The summed E-state index contributed by atoms with van der Waals surface area (Å²) in [6.07, 6.45) is 4.08. The number of hydrogen-bond donors (Lipinski definition) is 2. The van der Waals surface area contributed by atoms with Crippen LogP contribution >= 0.6 is 0 Å². The summed E-state index contributed by atoms with van der Waals surface area (Å²) in [7, 11) is 0. The lowest BCUT2D eigenvalue weighted by Gasteiger charge is -2.20. The predicted molar refractivity (Wildman–Crippen MR) is 68.8 cm³/mol. The van der Waals surface area contributed by atoms with E-state index in [9.17, 15) is 9.90 Å². The zero-order valence-electron chi connectivity index (χ0n) is 11.0. The minimum absolute atomic E-state index is 0.256. The highest BCUT2D eigenvalue weighted by molar-refractivity contribution is 5.87. The van der Waals surface area contributed by atoms with Crippen molar-refractivity contribution in [2.45, 2.75) is 33.0 Å². The molecule has 0 bridgehead atoms. The van der Waals surface area contributed by atoms with Crippen molar-refractivity contribution in [2.75, 3.05) is 5.32 Å². The number of ether oxygens (including phenoxy) is 1. The van der Waals surface area contributed by atoms with E-state index in [0.717, 1.165) is 0 Å².